The lowest BCUT2D eigenvalue weighted by molar-refractivity contribution is 0.0768. The van der Waals surface area contributed by atoms with Crippen molar-refractivity contribution >= 4 is 18.0 Å². The van der Waals surface area contributed by atoms with E-state index in [9.17, 15) is 4.79 Å². The molecule has 0 saturated heterocycles. The van der Waals surface area contributed by atoms with Gasteiger partial charge in [-0.3, -0.25) is 0 Å². The minimum absolute atomic E-state index is 0.363. The number of rotatable bonds is 2. The van der Waals surface area contributed by atoms with Crippen molar-refractivity contribution in [2.24, 2.45) is 0 Å². The summed E-state index contributed by atoms with van der Waals surface area (Å²) in [6.45, 7) is 0. The third kappa shape index (κ3) is 2.19. The number of aromatic nitrogens is 2. The second-order valence-electron chi connectivity index (χ2n) is 1.66. The van der Waals surface area contributed by atoms with Crippen molar-refractivity contribution in [1.29, 1.82) is 0 Å². The molecule has 0 aliphatic carbocycles. The fourth-order valence-corrected chi connectivity index (χ4v) is 0.776. The van der Waals surface area contributed by atoms with E-state index in [1.807, 2.05) is 0 Å². The highest BCUT2D eigenvalue weighted by Crippen LogP contribution is 2.02. The standard InChI is InChI=1S/C6H6N2O2S/c1-11-10-6(9)5-2-7-4-8-3-5/h2-4H,1H3. The van der Waals surface area contributed by atoms with Crippen LogP contribution >= 0.6 is 12.0 Å². The lowest BCUT2D eigenvalue weighted by Gasteiger charge is -1.96. The van der Waals surface area contributed by atoms with E-state index in [2.05, 4.69) is 14.2 Å². The maximum Gasteiger partial charge on any atom is 0.353 e. The van der Waals surface area contributed by atoms with Gasteiger partial charge in [0.15, 0.2) is 0 Å². The Kier molecular flexibility index (Phi) is 2.85. The summed E-state index contributed by atoms with van der Waals surface area (Å²) in [4.78, 5) is 18.3. The minimum Gasteiger partial charge on any atom is -0.388 e. The summed E-state index contributed by atoms with van der Waals surface area (Å²) in [6, 6.07) is 0. The summed E-state index contributed by atoms with van der Waals surface area (Å²) in [5, 5.41) is 0. The molecule has 1 aromatic rings. The molecule has 0 amide bonds. The van der Waals surface area contributed by atoms with Crippen LogP contribution in [0, 0.1) is 0 Å². The van der Waals surface area contributed by atoms with Gasteiger partial charge in [-0.2, -0.15) is 0 Å². The second kappa shape index (κ2) is 3.92. The third-order valence-electron chi connectivity index (χ3n) is 0.955. The molecule has 5 heteroatoms. The van der Waals surface area contributed by atoms with E-state index in [1.165, 1.54) is 18.7 Å². The molecule has 0 radical (unpaired) electrons. The largest absolute Gasteiger partial charge is 0.388 e. The minimum atomic E-state index is -0.418. The van der Waals surface area contributed by atoms with Crippen molar-refractivity contribution in [3.05, 3.63) is 24.3 Å². The van der Waals surface area contributed by atoms with Crippen LogP contribution in [0.15, 0.2) is 18.7 Å². The van der Waals surface area contributed by atoms with E-state index in [-0.39, 0.29) is 0 Å². The molecule has 0 spiro atoms. The first-order valence-corrected chi connectivity index (χ1v) is 3.99. The summed E-state index contributed by atoms with van der Waals surface area (Å²) in [5.41, 5.74) is 0.363. The maximum atomic E-state index is 10.9. The Morgan fingerprint density at radius 1 is 1.55 bits per heavy atom. The predicted octanol–water partition coefficient (Wildman–Crippen LogP) is 0.911. The lowest BCUT2D eigenvalue weighted by Crippen LogP contribution is -2.00. The van der Waals surface area contributed by atoms with Crippen LogP contribution in [-0.4, -0.2) is 22.2 Å². The highest BCUT2D eigenvalue weighted by Gasteiger charge is 2.05. The Morgan fingerprint density at radius 3 is 2.73 bits per heavy atom. The van der Waals surface area contributed by atoms with Gasteiger partial charge in [0, 0.05) is 18.6 Å². The lowest BCUT2D eigenvalue weighted by atomic mass is 10.4. The van der Waals surface area contributed by atoms with Crippen molar-refractivity contribution in [1.82, 2.24) is 9.97 Å². The number of hydrogen-bond acceptors (Lipinski definition) is 5. The third-order valence-corrected chi connectivity index (χ3v) is 1.27. The van der Waals surface area contributed by atoms with Gasteiger partial charge in [0.1, 0.15) is 6.33 Å². The van der Waals surface area contributed by atoms with Crippen molar-refractivity contribution in [3.63, 3.8) is 0 Å². The van der Waals surface area contributed by atoms with Crippen molar-refractivity contribution < 1.29 is 8.98 Å². The van der Waals surface area contributed by atoms with E-state index in [1.54, 1.807) is 6.26 Å². The Balaban J connectivity index is 2.69. The molecular weight excluding hydrogens is 164 g/mol. The molecule has 0 aliphatic heterocycles. The van der Waals surface area contributed by atoms with Crippen LogP contribution in [0.4, 0.5) is 0 Å². The van der Waals surface area contributed by atoms with Gasteiger partial charge >= 0.3 is 5.97 Å². The van der Waals surface area contributed by atoms with Gasteiger partial charge in [0.25, 0.3) is 0 Å². The number of carbonyl (C=O) groups excluding carboxylic acids is 1. The quantitative estimate of drug-likeness (QED) is 0.617. The Morgan fingerprint density at radius 2 is 2.18 bits per heavy atom. The molecule has 11 heavy (non-hydrogen) atoms. The number of hydrogen-bond donors (Lipinski definition) is 0. The van der Waals surface area contributed by atoms with Crippen LogP contribution in [0.3, 0.4) is 0 Å². The van der Waals surface area contributed by atoms with Gasteiger partial charge < -0.3 is 4.18 Å². The average Bonchev–Trinajstić information content (AvgIpc) is 2.07. The van der Waals surface area contributed by atoms with E-state index in [0.29, 0.717) is 5.56 Å². The van der Waals surface area contributed by atoms with Crippen LogP contribution in [-0.2, 0) is 4.18 Å². The fourth-order valence-electron chi connectivity index (χ4n) is 0.528. The summed E-state index contributed by atoms with van der Waals surface area (Å²) < 4.78 is 4.63. The maximum absolute atomic E-state index is 10.9. The zero-order valence-corrected chi connectivity index (χ0v) is 6.67. The zero-order valence-electron chi connectivity index (χ0n) is 5.85. The van der Waals surface area contributed by atoms with E-state index in [4.69, 9.17) is 0 Å². The van der Waals surface area contributed by atoms with Crippen LogP contribution in [0.5, 0.6) is 0 Å². The van der Waals surface area contributed by atoms with Crippen molar-refractivity contribution in [2.75, 3.05) is 6.26 Å². The smallest absolute Gasteiger partial charge is 0.353 e. The molecule has 4 nitrogen and oxygen atoms in total. The normalized spacial score (nSPS) is 9.18. The fraction of sp³-hybridized carbons (Fsp3) is 0.167. The molecule has 0 fully saturated rings. The molecule has 1 rings (SSSR count). The predicted molar refractivity (Wildman–Crippen MR) is 41.0 cm³/mol. The van der Waals surface area contributed by atoms with Crippen LogP contribution in [0.25, 0.3) is 0 Å². The summed E-state index contributed by atoms with van der Waals surface area (Å²) >= 11 is 0.999. The van der Waals surface area contributed by atoms with Crippen LogP contribution in [0.2, 0.25) is 0 Å². The van der Waals surface area contributed by atoms with Crippen molar-refractivity contribution in [3.8, 4) is 0 Å². The topological polar surface area (TPSA) is 52.1 Å². The molecule has 0 saturated carbocycles. The first kappa shape index (κ1) is 8.00. The first-order valence-electron chi connectivity index (χ1n) is 2.84. The zero-order chi connectivity index (χ0) is 8.10. The van der Waals surface area contributed by atoms with Gasteiger partial charge in [-0.15, -0.1) is 0 Å². The first-order chi connectivity index (χ1) is 5.34. The second-order valence-corrected chi connectivity index (χ2v) is 2.16. The summed E-state index contributed by atoms with van der Waals surface area (Å²) in [7, 11) is 0. The monoisotopic (exact) mass is 170 g/mol. The molecule has 0 atom stereocenters. The number of nitrogens with zero attached hydrogens (tertiary/aromatic N) is 2. The van der Waals surface area contributed by atoms with E-state index >= 15 is 0 Å². The summed E-state index contributed by atoms with van der Waals surface area (Å²) in [5.74, 6) is -0.418. The van der Waals surface area contributed by atoms with Gasteiger partial charge in [0.2, 0.25) is 0 Å². The highest BCUT2D eigenvalue weighted by atomic mass is 32.2. The van der Waals surface area contributed by atoms with Crippen LogP contribution < -0.4 is 0 Å². The molecule has 0 N–H and O–H groups in total. The Hall–Kier alpha value is -1.10. The average molecular weight is 170 g/mol. The van der Waals surface area contributed by atoms with Crippen molar-refractivity contribution in [2.45, 2.75) is 0 Å². The Labute approximate surface area is 68.2 Å². The molecule has 1 aromatic heterocycles. The Bertz CT molecular complexity index is 240. The summed E-state index contributed by atoms with van der Waals surface area (Å²) in [6.07, 6.45) is 5.84. The molecule has 0 bridgehead atoms. The SMILES string of the molecule is CSOC(=O)c1cncnc1. The molecule has 58 valence electrons. The van der Waals surface area contributed by atoms with Gasteiger partial charge in [-0.05, 0) is 0 Å². The number of carbonyl (C=O) groups is 1. The molecule has 0 aromatic carbocycles. The highest BCUT2D eigenvalue weighted by molar-refractivity contribution is 7.94. The van der Waals surface area contributed by atoms with Crippen LogP contribution in [0.1, 0.15) is 10.4 Å². The van der Waals surface area contributed by atoms with Gasteiger partial charge in [0.05, 0.1) is 17.6 Å². The van der Waals surface area contributed by atoms with Gasteiger partial charge in [-0.1, -0.05) is 0 Å². The molecule has 0 aliphatic rings. The van der Waals surface area contributed by atoms with Gasteiger partial charge in [-0.25, -0.2) is 14.8 Å². The van der Waals surface area contributed by atoms with E-state index < -0.39 is 5.97 Å². The molecule has 0 unspecified atom stereocenters. The van der Waals surface area contributed by atoms with E-state index in [0.717, 1.165) is 12.0 Å². The molecular formula is C6H6N2O2S. The molecule has 1 heterocycles.